The number of fused-ring (bicyclic) bond motifs is 1. The van der Waals surface area contributed by atoms with Crippen LogP contribution in [0.1, 0.15) is 17.4 Å². The minimum absolute atomic E-state index is 0.199. The highest BCUT2D eigenvalue weighted by Crippen LogP contribution is 2.17. The van der Waals surface area contributed by atoms with Gasteiger partial charge in [-0.2, -0.15) is 0 Å². The number of esters is 1. The van der Waals surface area contributed by atoms with E-state index in [9.17, 15) is 9.59 Å². The fraction of sp³-hybridized carbons (Fsp3) is 0.308. The monoisotopic (exact) mass is 262 g/mol. The van der Waals surface area contributed by atoms with Gasteiger partial charge in [0.05, 0.1) is 24.8 Å². The van der Waals surface area contributed by atoms with Gasteiger partial charge in [0.1, 0.15) is 5.75 Å². The quantitative estimate of drug-likeness (QED) is 0.775. The van der Waals surface area contributed by atoms with Crippen molar-refractivity contribution in [1.82, 2.24) is 9.55 Å². The summed E-state index contributed by atoms with van der Waals surface area (Å²) in [6.45, 7) is 1.87. The lowest BCUT2D eigenvalue weighted by atomic mass is 10.2. The summed E-state index contributed by atoms with van der Waals surface area (Å²) in [5.41, 5.74) is 0.435. The third-order valence-corrected chi connectivity index (χ3v) is 2.75. The van der Waals surface area contributed by atoms with Gasteiger partial charge in [-0.1, -0.05) is 0 Å². The Bertz CT molecular complexity index is 691. The Labute approximate surface area is 109 Å². The van der Waals surface area contributed by atoms with E-state index < -0.39 is 11.5 Å². The molecule has 0 saturated carbocycles. The summed E-state index contributed by atoms with van der Waals surface area (Å²) < 4.78 is 11.3. The number of methoxy groups -OCH3 is 1. The number of rotatable bonds is 3. The highest BCUT2D eigenvalue weighted by molar-refractivity contribution is 5.89. The van der Waals surface area contributed by atoms with Crippen molar-refractivity contribution < 1.29 is 14.3 Å². The molecule has 1 aromatic heterocycles. The van der Waals surface area contributed by atoms with Crippen molar-refractivity contribution >= 4 is 17.0 Å². The molecule has 0 bridgehead atoms. The number of carbonyl (C=O) groups is 1. The molecule has 0 amide bonds. The Hall–Kier alpha value is -2.37. The van der Waals surface area contributed by atoms with Gasteiger partial charge in [0.2, 0.25) is 5.69 Å². The molecule has 0 spiro atoms. The Kier molecular flexibility index (Phi) is 3.50. The maximum atomic E-state index is 12.1. The molecule has 100 valence electrons. The maximum Gasteiger partial charge on any atom is 0.362 e. The molecule has 6 heteroatoms. The second-order valence-electron chi connectivity index (χ2n) is 3.90. The van der Waals surface area contributed by atoms with E-state index >= 15 is 0 Å². The first-order valence-corrected chi connectivity index (χ1v) is 5.80. The molecule has 0 fully saturated rings. The third-order valence-electron chi connectivity index (χ3n) is 2.75. The molecule has 0 radical (unpaired) electrons. The largest absolute Gasteiger partial charge is 0.497 e. The summed E-state index contributed by atoms with van der Waals surface area (Å²) in [6.07, 6.45) is 0. The van der Waals surface area contributed by atoms with Gasteiger partial charge < -0.3 is 14.0 Å². The Morgan fingerprint density at radius 3 is 2.79 bits per heavy atom. The fourth-order valence-electron chi connectivity index (χ4n) is 1.76. The smallest absolute Gasteiger partial charge is 0.362 e. The second-order valence-corrected chi connectivity index (χ2v) is 3.90. The highest BCUT2D eigenvalue weighted by atomic mass is 16.5. The number of carbonyl (C=O) groups excluding carboxylic acids is 1. The molecule has 19 heavy (non-hydrogen) atoms. The first-order valence-electron chi connectivity index (χ1n) is 5.80. The van der Waals surface area contributed by atoms with Crippen LogP contribution < -0.4 is 10.3 Å². The fourth-order valence-corrected chi connectivity index (χ4v) is 1.76. The lowest BCUT2D eigenvalue weighted by Crippen LogP contribution is -2.27. The van der Waals surface area contributed by atoms with Gasteiger partial charge >= 0.3 is 5.97 Å². The topological polar surface area (TPSA) is 70.4 Å². The lowest BCUT2D eigenvalue weighted by Gasteiger charge is -2.08. The minimum atomic E-state index is -0.708. The molecule has 0 N–H and O–H groups in total. The van der Waals surface area contributed by atoms with E-state index in [1.54, 1.807) is 39.3 Å². The summed E-state index contributed by atoms with van der Waals surface area (Å²) in [5, 5.41) is 0. The van der Waals surface area contributed by atoms with Crippen LogP contribution >= 0.6 is 0 Å². The van der Waals surface area contributed by atoms with Crippen molar-refractivity contribution in [3.05, 3.63) is 34.2 Å². The first kappa shape index (κ1) is 13.1. The summed E-state index contributed by atoms with van der Waals surface area (Å²) in [4.78, 5) is 27.8. The van der Waals surface area contributed by atoms with Crippen molar-refractivity contribution in [3.8, 4) is 5.75 Å². The van der Waals surface area contributed by atoms with E-state index in [0.717, 1.165) is 0 Å². The predicted octanol–water partition coefficient (Wildman–Crippen LogP) is 1.12. The molecule has 0 aliphatic rings. The third kappa shape index (κ3) is 2.29. The van der Waals surface area contributed by atoms with Gasteiger partial charge in [-0.25, -0.2) is 9.78 Å². The number of ether oxygens (including phenoxy) is 2. The van der Waals surface area contributed by atoms with Crippen LogP contribution in [0.4, 0.5) is 0 Å². The molecule has 0 aliphatic heterocycles. The molecule has 0 saturated heterocycles. The van der Waals surface area contributed by atoms with Crippen LogP contribution in [0.5, 0.6) is 5.75 Å². The van der Waals surface area contributed by atoms with Gasteiger partial charge in [0.15, 0.2) is 0 Å². The Balaban J connectivity index is 2.68. The zero-order valence-electron chi connectivity index (χ0n) is 11.0. The van der Waals surface area contributed by atoms with Crippen molar-refractivity contribution in [1.29, 1.82) is 0 Å². The average Bonchev–Trinajstić information content (AvgIpc) is 2.42. The summed E-state index contributed by atoms with van der Waals surface area (Å²) in [7, 11) is 3.12. The lowest BCUT2D eigenvalue weighted by molar-refractivity contribution is 0.0517. The number of nitrogens with zero attached hydrogens (tertiary/aromatic N) is 2. The van der Waals surface area contributed by atoms with E-state index in [4.69, 9.17) is 9.47 Å². The van der Waals surface area contributed by atoms with Crippen molar-refractivity contribution in [3.63, 3.8) is 0 Å². The van der Waals surface area contributed by atoms with Crippen molar-refractivity contribution in [2.45, 2.75) is 6.92 Å². The van der Waals surface area contributed by atoms with Crippen molar-refractivity contribution in [2.24, 2.45) is 7.05 Å². The van der Waals surface area contributed by atoms with E-state index in [0.29, 0.717) is 16.8 Å². The Morgan fingerprint density at radius 2 is 2.16 bits per heavy atom. The van der Waals surface area contributed by atoms with Gasteiger partial charge in [-0.3, -0.25) is 4.79 Å². The summed E-state index contributed by atoms with van der Waals surface area (Å²) >= 11 is 0. The maximum absolute atomic E-state index is 12.1. The van der Waals surface area contributed by atoms with Crippen LogP contribution in [-0.4, -0.2) is 29.2 Å². The number of aryl methyl sites for hydroxylation is 1. The average molecular weight is 262 g/mol. The number of hydrogen-bond acceptors (Lipinski definition) is 5. The van der Waals surface area contributed by atoms with E-state index in [1.165, 1.54) is 4.57 Å². The number of hydrogen-bond donors (Lipinski definition) is 0. The van der Waals surface area contributed by atoms with E-state index in [2.05, 4.69) is 4.98 Å². The second kappa shape index (κ2) is 5.09. The van der Waals surface area contributed by atoms with Crippen molar-refractivity contribution in [2.75, 3.05) is 13.7 Å². The Morgan fingerprint density at radius 1 is 1.42 bits per heavy atom. The predicted molar refractivity (Wildman–Crippen MR) is 69.5 cm³/mol. The van der Waals surface area contributed by atoms with Crippen LogP contribution in [0.15, 0.2) is 23.0 Å². The molecule has 6 nitrogen and oxygen atoms in total. The van der Waals surface area contributed by atoms with Crippen LogP contribution in [0.25, 0.3) is 11.0 Å². The van der Waals surface area contributed by atoms with Crippen LogP contribution in [0.2, 0.25) is 0 Å². The molecular weight excluding hydrogens is 248 g/mol. The summed E-state index contributed by atoms with van der Waals surface area (Å²) in [6, 6.07) is 5.10. The SMILES string of the molecule is CCOC(=O)c1nc2ccc(OC)cc2n(C)c1=O. The molecule has 1 aromatic carbocycles. The zero-order valence-corrected chi connectivity index (χ0v) is 11.0. The molecule has 1 heterocycles. The van der Waals surface area contributed by atoms with Crippen LogP contribution in [0.3, 0.4) is 0 Å². The highest BCUT2D eigenvalue weighted by Gasteiger charge is 2.17. The van der Waals surface area contributed by atoms with Gasteiger partial charge in [0.25, 0.3) is 5.56 Å². The number of benzene rings is 1. The van der Waals surface area contributed by atoms with Crippen LogP contribution in [-0.2, 0) is 11.8 Å². The van der Waals surface area contributed by atoms with Gasteiger partial charge in [-0.05, 0) is 19.1 Å². The van der Waals surface area contributed by atoms with E-state index in [1.807, 2.05) is 0 Å². The molecule has 0 unspecified atom stereocenters. The molecule has 0 atom stereocenters. The van der Waals surface area contributed by atoms with Gasteiger partial charge in [-0.15, -0.1) is 0 Å². The molecule has 2 rings (SSSR count). The first-order chi connectivity index (χ1) is 9.08. The van der Waals surface area contributed by atoms with Gasteiger partial charge in [0, 0.05) is 13.1 Å². The zero-order chi connectivity index (χ0) is 14.0. The van der Waals surface area contributed by atoms with Crippen LogP contribution in [0, 0.1) is 0 Å². The molecule has 2 aromatic rings. The minimum Gasteiger partial charge on any atom is -0.497 e. The normalized spacial score (nSPS) is 10.5. The molecular formula is C13H14N2O4. The van der Waals surface area contributed by atoms with E-state index in [-0.39, 0.29) is 12.3 Å². The standard InChI is InChI=1S/C13H14N2O4/c1-4-19-13(17)11-12(16)15(2)10-7-8(18-3)5-6-9(10)14-11/h5-7H,4H2,1-3H3. The molecule has 0 aliphatic carbocycles. The number of aromatic nitrogens is 2. The summed E-state index contributed by atoms with van der Waals surface area (Å²) in [5.74, 6) is -0.0889.